The number of nitrogens with zero attached hydrogens (tertiary/aromatic N) is 1. The summed E-state index contributed by atoms with van der Waals surface area (Å²) in [5.74, 6) is 2.22. The van der Waals surface area contributed by atoms with Crippen molar-refractivity contribution in [1.29, 1.82) is 0 Å². The summed E-state index contributed by atoms with van der Waals surface area (Å²) in [4.78, 5) is 4.64. The van der Waals surface area contributed by atoms with Gasteiger partial charge in [-0.1, -0.05) is 13.8 Å². The number of hydrogen-bond acceptors (Lipinski definition) is 4. The van der Waals surface area contributed by atoms with Gasteiger partial charge in [-0.3, -0.25) is 0 Å². The highest BCUT2D eigenvalue weighted by Crippen LogP contribution is 2.20. The van der Waals surface area contributed by atoms with Crippen molar-refractivity contribution < 1.29 is 0 Å². The maximum Gasteiger partial charge on any atom is 0.103 e. The molecule has 1 rings (SSSR count). The van der Waals surface area contributed by atoms with Crippen molar-refractivity contribution in [3.63, 3.8) is 0 Å². The second-order valence-electron chi connectivity index (χ2n) is 3.48. The second kappa shape index (κ2) is 7.25. The average molecular weight is 244 g/mol. The molecule has 0 saturated heterocycles. The molecule has 1 aromatic rings. The standard InChI is InChI=1S/C11H20N2S2/c1-4-6-12-9(3)10-7-15-11(13-10)8-14-5-2/h7,9,12H,4-6,8H2,1-3H3. The molecule has 0 spiro atoms. The Kier molecular flexibility index (Phi) is 6.29. The van der Waals surface area contributed by atoms with E-state index in [0.717, 1.165) is 12.3 Å². The molecule has 4 heteroatoms. The zero-order chi connectivity index (χ0) is 11.1. The van der Waals surface area contributed by atoms with Crippen molar-refractivity contribution in [2.24, 2.45) is 0 Å². The van der Waals surface area contributed by atoms with Gasteiger partial charge in [-0.25, -0.2) is 4.98 Å². The van der Waals surface area contributed by atoms with Crippen LogP contribution in [-0.2, 0) is 5.75 Å². The lowest BCUT2D eigenvalue weighted by atomic mass is 10.2. The van der Waals surface area contributed by atoms with E-state index in [0.29, 0.717) is 6.04 Å². The fraction of sp³-hybridized carbons (Fsp3) is 0.727. The van der Waals surface area contributed by atoms with Crippen LogP contribution in [0.3, 0.4) is 0 Å². The minimum Gasteiger partial charge on any atom is -0.309 e. The summed E-state index contributed by atoms with van der Waals surface area (Å²) >= 11 is 3.71. The Balaban J connectivity index is 2.43. The monoisotopic (exact) mass is 244 g/mol. The molecule has 1 N–H and O–H groups in total. The first-order valence-corrected chi connectivity index (χ1v) is 7.56. The van der Waals surface area contributed by atoms with E-state index in [-0.39, 0.29) is 0 Å². The molecule has 1 aromatic heterocycles. The SMILES string of the molecule is CCCNC(C)c1csc(CSCC)n1. The Morgan fingerprint density at radius 1 is 1.53 bits per heavy atom. The van der Waals surface area contributed by atoms with Gasteiger partial charge >= 0.3 is 0 Å². The van der Waals surface area contributed by atoms with Crippen LogP contribution in [-0.4, -0.2) is 17.3 Å². The summed E-state index contributed by atoms with van der Waals surface area (Å²) in [6.45, 7) is 7.62. The summed E-state index contributed by atoms with van der Waals surface area (Å²) in [6.07, 6.45) is 1.17. The van der Waals surface area contributed by atoms with Crippen molar-refractivity contribution in [3.8, 4) is 0 Å². The molecule has 1 heterocycles. The van der Waals surface area contributed by atoms with Crippen LogP contribution in [0.5, 0.6) is 0 Å². The maximum absolute atomic E-state index is 4.64. The molecule has 0 aliphatic carbocycles. The number of aromatic nitrogens is 1. The molecule has 0 saturated carbocycles. The van der Waals surface area contributed by atoms with Gasteiger partial charge in [-0.05, 0) is 25.6 Å². The Hall–Kier alpha value is -0.0600. The van der Waals surface area contributed by atoms with Crippen LogP contribution in [0, 0.1) is 0 Å². The van der Waals surface area contributed by atoms with Crippen LogP contribution >= 0.6 is 23.1 Å². The van der Waals surface area contributed by atoms with E-state index < -0.39 is 0 Å². The minimum absolute atomic E-state index is 0.390. The van der Waals surface area contributed by atoms with Crippen molar-refractivity contribution >= 4 is 23.1 Å². The molecule has 0 bridgehead atoms. The zero-order valence-electron chi connectivity index (χ0n) is 9.75. The molecule has 86 valence electrons. The zero-order valence-corrected chi connectivity index (χ0v) is 11.4. The highest BCUT2D eigenvalue weighted by Gasteiger charge is 2.08. The lowest BCUT2D eigenvalue weighted by Gasteiger charge is -2.09. The molecule has 15 heavy (non-hydrogen) atoms. The van der Waals surface area contributed by atoms with Crippen LogP contribution in [0.25, 0.3) is 0 Å². The minimum atomic E-state index is 0.390. The summed E-state index contributed by atoms with van der Waals surface area (Å²) in [7, 11) is 0. The van der Waals surface area contributed by atoms with Crippen molar-refractivity contribution in [2.45, 2.75) is 39.0 Å². The molecule has 0 aliphatic heterocycles. The molecule has 0 fully saturated rings. The Morgan fingerprint density at radius 2 is 2.33 bits per heavy atom. The highest BCUT2D eigenvalue weighted by molar-refractivity contribution is 7.98. The van der Waals surface area contributed by atoms with Gasteiger partial charge < -0.3 is 5.32 Å². The average Bonchev–Trinajstić information content (AvgIpc) is 2.71. The molecule has 2 nitrogen and oxygen atoms in total. The molecular weight excluding hydrogens is 224 g/mol. The van der Waals surface area contributed by atoms with Gasteiger partial charge in [0.15, 0.2) is 0 Å². The van der Waals surface area contributed by atoms with Gasteiger partial charge in [0.05, 0.1) is 5.69 Å². The topological polar surface area (TPSA) is 24.9 Å². The van der Waals surface area contributed by atoms with E-state index in [1.807, 2.05) is 11.8 Å². The Labute approximate surface area is 101 Å². The Bertz CT molecular complexity index is 273. The predicted molar refractivity (Wildman–Crippen MR) is 70.7 cm³/mol. The van der Waals surface area contributed by atoms with Crippen LogP contribution in [0.1, 0.15) is 43.9 Å². The van der Waals surface area contributed by atoms with Gasteiger partial charge in [-0.2, -0.15) is 11.8 Å². The molecule has 1 unspecified atom stereocenters. The molecule has 0 radical (unpaired) electrons. The predicted octanol–water partition coefficient (Wildman–Crippen LogP) is 3.46. The first-order valence-electron chi connectivity index (χ1n) is 5.53. The van der Waals surface area contributed by atoms with Gasteiger partial charge in [0.25, 0.3) is 0 Å². The van der Waals surface area contributed by atoms with E-state index in [1.165, 1.54) is 22.9 Å². The van der Waals surface area contributed by atoms with E-state index in [9.17, 15) is 0 Å². The smallest absolute Gasteiger partial charge is 0.103 e. The van der Waals surface area contributed by atoms with Gasteiger partial charge in [0.2, 0.25) is 0 Å². The van der Waals surface area contributed by atoms with E-state index in [4.69, 9.17) is 0 Å². The van der Waals surface area contributed by atoms with Crippen molar-refractivity contribution in [2.75, 3.05) is 12.3 Å². The van der Waals surface area contributed by atoms with E-state index >= 15 is 0 Å². The van der Waals surface area contributed by atoms with Crippen molar-refractivity contribution in [1.82, 2.24) is 10.3 Å². The van der Waals surface area contributed by atoms with E-state index in [1.54, 1.807) is 11.3 Å². The van der Waals surface area contributed by atoms with Crippen molar-refractivity contribution in [3.05, 3.63) is 16.1 Å². The summed E-state index contributed by atoms with van der Waals surface area (Å²) in [5, 5.41) is 6.89. The summed E-state index contributed by atoms with van der Waals surface area (Å²) in [5.41, 5.74) is 1.19. The van der Waals surface area contributed by atoms with Crippen LogP contribution < -0.4 is 5.32 Å². The number of nitrogens with one attached hydrogen (secondary N) is 1. The van der Waals surface area contributed by atoms with Gasteiger partial charge in [0.1, 0.15) is 5.01 Å². The molecule has 1 atom stereocenters. The first kappa shape index (κ1) is 13.0. The lowest BCUT2D eigenvalue weighted by Crippen LogP contribution is -2.19. The number of rotatable bonds is 7. The fourth-order valence-corrected chi connectivity index (χ4v) is 2.88. The summed E-state index contributed by atoms with van der Waals surface area (Å²) < 4.78 is 0. The third-order valence-electron chi connectivity index (χ3n) is 2.14. The summed E-state index contributed by atoms with van der Waals surface area (Å²) in [6, 6.07) is 0.390. The number of thiazole rings is 1. The quantitative estimate of drug-likeness (QED) is 0.795. The largest absolute Gasteiger partial charge is 0.309 e. The lowest BCUT2D eigenvalue weighted by molar-refractivity contribution is 0.560. The molecule has 0 aromatic carbocycles. The second-order valence-corrected chi connectivity index (χ2v) is 5.70. The third kappa shape index (κ3) is 4.53. The van der Waals surface area contributed by atoms with Gasteiger partial charge in [0, 0.05) is 17.2 Å². The normalized spacial score (nSPS) is 13.0. The van der Waals surface area contributed by atoms with E-state index in [2.05, 4.69) is 36.5 Å². The Morgan fingerprint density at radius 3 is 3.00 bits per heavy atom. The highest BCUT2D eigenvalue weighted by atomic mass is 32.2. The number of thioether (sulfide) groups is 1. The molecule has 0 aliphatic rings. The first-order chi connectivity index (χ1) is 7.27. The fourth-order valence-electron chi connectivity index (χ4n) is 1.25. The number of hydrogen-bond donors (Lipinski definition) is 1. The van der Waals surface area contributed by atoms with Crippen LogP contribution in [0.15, 0.2) is 5.38 Å². The van der Waals surface area contributed by atoms with Gasteiger partial charge in [-0.15, -0.1) is 11.3 Å². The molecular formula is C11H20N2S2. The molecule has 0 amide bonds. The maximum atomic E-state index is 4.64. The third-order valence-corrected chi connectivity index (χ3v) is 4.08. The van der Waals surface area contributed by atoms with Crippen LogP contribution in [0.4, 0.5) is 0 Å². The van der Waals surface area contributed by atoms with Crippen LogP contribution in [0.2, 0.25) is 0 Å².